The summed E-state index contributed by atoms with van der Waals surface area (Å²) < 4.78 is 1.29. The van der Waals surface area contributed by atoms with Crippen LogP contribution in [0.25, 0.3) is 5.69 Å². The zero-order valence-electron chi connectivity index (χ0n) is 17.1. The summed E-state index contributed by atoms with van der Waals surface area (Å²) in [5, 5.41) is 5.29. The van der Waals surface area contributed by atoms with Crippen molar-refractivity contribution in [3.05, 3.63) is 75.8 Å². The predicted molar refractivity (Wildman–Crippen MR) is 124 cm³/mol. The van der Waals surface area contributed by atoms with Gasteiger partial charge in [0.2, 0.25) is 0 Å². The van der Waals surface area contributed by atoms with Crippen LogP contribution in [0.5, 0.6) is 0 Å². The molecule has 0 radical (unpaired) electrons. The van der Waals surface area contributed by atoms with Gasteiger partial charge in [-0.25, -0.2) is 4.98 Å². The third kappa shape index (κ3) is 4.60. The summed E-state index contributed by atoms with van der Waals surface area (Å²) in [7, 11) is 0. The first-order valence-electron chi connectivity index (χ1n) is 10.0. The number of pyridine rings is 1. The minimum absolute atomic E-state index is 0.0104. The van der Waals surface area contributed by atoms with Crippen molar-refractivity contribution in [1.82, 2.24) is 19.7 Å². The number of halogens is 1. The van der Waals surface area contributed by atoms with Gasteiger partial charge in [0.15, 0.2) is 0 Å². The number of para-hydroxylation sites is 1. The highest BCUT2D eigenvalue weighted by Crippen LogP contribution is 2.24. The number of amides is 1. The molecule has 2 aromatic heterocycles. The van der Waals surface area contributed by atoms with E-state index in [2.05, 4.69) is 17.0 Å². The van der Waals surface area contributed by atoms with E-state index in [1.807, 2.05) is 34.1 Å². The summed E-state index contributed by atoms with van der Waals surface area (Å²) in [6.07, 6.45) is 3.29. The number of hydrogen-bond donors (Lipinski definition) is 0. The average molecular weight is 456 g/mol. The highest BCUT2D eigenvalue weighted by atomic mass is 35.5. The van der Waals surface area contributed by atoms with Crippen LogP contribution in [-0.2, 0) is 0 Å². The van der Waals surface area contributed by atoms with Crippen molar-refractivity contribution in [2.24, 2.45) is 0 Å². The number of piperazine rings is 1. The maximum Gasteiger partial charge on any atom is 0.292 e. The number of thioether (sulfide) groups is 1. The van der Waals surface area contributed by atoms with E-state index >= 15 is 0 Å². The van der Waals surface area contributed by atoms with Gasteiger partial charge in [0.25, 0.3) is 11.5 Å². The molecule has 0 atom stereocenters. The number of carbonyl (C=O) groups is 1. The Balaban J connectivity index is 1.46. The normalized spacial score (nSPS) is 14.0. The number of aromatic nitrogens is 3. The van der Waals surface area contributed by atoms with Crippen LogP contribution in [0.4, 0.5) is 5.69 Å². The lowest BCUT2D eigenvalue weighted by Gasteiger charge is -2.36. The van der Waals surface area contributed by atoms with Crippen molar-refractivity contribution in [3.63, 3.8) is 0 Å². The lowest BCUT2D eigenvalue weighted by molar-refractivity contribution is 0.0746. The second kappa shape index (κ2) is 9.53. The van der Waals surface area contributed by atoms with Crippen molar-refractivity contribution >= 4 is 35.0 Å². The number of hydrogen-bond acceptors (Lipinski definition) is 6. The number of carbonyl (C=O) groups excluding carboxylic acids is 1. The quantitative estimate of drug-likeness (QED) is 0.549. The molecule has 0 bridgehead atoms. The number of benzene rings is 1. The van der Waals surface area contributed by atoms with Crippen molar-refractivity contribution in [1.29, 1.82) is 0 Å². The maximum absolute atomic E-state index is 12.9. The monoisotopic (exact) mass is 455 g/mol. The number of rotatable bonds is 5. The van der Waals surface area contributed by atoms with Crippen LogP contribution in [0.2, 0.25) is 5.02 Å². The molecule has 31 heavy (non-hydrogen) atoms. The summed E-state index contributed by atoms with van der Waals surface area (Å²) in [6, 6.07) is 12.8. The molecule has 7 nitrogen and oxygen atoms in total. The van der Waals surface area contributed by atoms with Gasteiger partial charge >= 0.3 is 0 Å². The minimum atomic E-state index is -0.360. The minimum Gasteiger partial charge on any atom is -0.365 e. The molecule has 1 aliphatic heterocycles. The molecule has 4 rings (SSSR count). The van der Waals surface area contributed by atoms with Crippen LogP contribution >= 0.6 is 23.4 Å². The molecule has 0 N–H and O–H groups in total. The van der Waals surface area contributed by atoms with Gasteiger partial charge in [0, 0.05) is 37.9 Å². The molecule has 160 valence electrons. The van der Waals surface area contributed by atoms with Gasteiger partial charge in [-0.3, -0.25) is 9.59 Å². The topological polar surface area (TPSA) is 71.3 Å². The molecule has 0 aliphatic carbocycles. The van der Waals surface area contributed by atoms with E-state index in [0.29, 0.717) is 43.1 Å². The third-order valence-electron chi connectivity index (χ3n) is 5.08. The zero-order valence-corrected chi connectivity index (χ0v) is 18.6. The van der Waals surface area contributed by atoms with Crippen molar-refractivity contribution in [3.8, 4) is 5.69 Å². The Morgan fingerprint density at radius 3 is 2.58 bits per heavy atom. The van der Waals surface area contributed by atoms with Gasteiger partial charge in [0.05, 0.1) is 22.6 Å². The van der Waals surface area contributed by atoms with E-state index in [-0.39, 0.29) is 16.5 Å². The van der Waals surface area contributed by atoms with Gasteiger partial charge < -0.3 is 9.80 Å². The molecule has 1 aliphatic rings. The molecular weight excluding hydrogens is 434 g/mol. The number of nitrogens with zero attached hydrogens (tertiary/aromatic N) is 5. The summed E-state index contributed by atoms with van der Waals surface area (Å²) in [4.78, 5) is 33.8. The number of anilines is 1. The van der Waals surface area contributed by atoms with Gasteiger partial charge in [-0.2, -0.15) is 9.78 Å². The van der Waals surface area contributed by atoms with Crippen molar-refractivity contribution < 1.29 is 4.79 Å². The first kappa shape index (κ1) is 21.4. The van der Waals surface area contributed by atoms with Crippen LogP contribution in [0.15, 0.2) is 64.7 Å². The SMILES string of the molecule is CCSc1cc(C(=O)N2CCN(c3cnn(-c4ccccc4)c(=O)c3Cl)CC2)ccn1. The molecule has 1 aromatic carbocycles. The van der Waals surface area contributed by atoms with E-state index in [1.54, 1.807) is 42.4 Å². The van der Waals surface area contributed by atoms with Crippen LogP contribution in [0, 0.1) is 0 Å². The smallest absolute Gasteiger partial charge is 0.292 e. The molecule has 0 saturated carbocycles. The van der Waals surface area contributed by atoms with E-state index in [1.165, 1.54) is 4.68 Å². The Kier molecular flexibility index (Phi) is 6.58. The Morgan fingerprint density at radius 2 is 1.87 bits per heavy atom. The zero-order chi connectivity index (χ0) is 21.8. The maximum atomic E-state index is 12.9. The lowest BCUT2D eigenvalue weighted by atomic mass is 10.2. The van der Waals surface area contributed by atoms with E-state index < -0.39 is 0 Å². The fraction of sp³-hybridized carbons (Fsp3) is 0.273. The summed E-state index contributed by atoms with van der Waals surface area (Å²) in [5.41, 5.74) is 1.54. The Hall–Kier alpha value is -2.84. The molecule has 1 amide bonds. The Labute approximate surface area is 189 Å². The van der Waals surface area contributed by atoms with Crippen LogP contribution in [0.1, 0.15) is 17.3 Å². The molecule has 3 heterocycles. The van der Waals surface area contributed by atoms with Crippen LogP contribution in [0.3, 0.4) is 0 Å². The highest BCUT2D eigenvalue weighted by molar-refractivity contribution is 7.99. The van der Waals surface area contributed by atoms with Gasteiger partial charge in [-0.15, -0.1) is 11.8 Å². The molecule has 0 spiro atoms. The molecular formula is C22H22ClN5O2S. The standard InChI is InChI=1S/C22H22ClN5O2S/c1-2-31-19-14-16(8-9-24-19)21(29)27-12-10-26(11-13-27)18-15-25-28(22(30)20(18)23)17-6-4-3-5-7-17/h3-9,14-15H,2,10-13H2,1H3. The Morgan fingerprint density at radius 1 is 1.13 bits per heavy atom. The summed E-state index contributed by atoms with van der Waals surface area (Å²) in [5.74, 6) is 0.893. The Bertz CT molecular complexity index is 1130. The van der Waals surface area contributed by atoms with E-state index in [4.69, 9.17) is 11.6 Å². The van der Waals surface area contributed by atoms with E-state index in [9.17, 15) is 9.59 Å². The van der Waals surface area contributed by atoms with Gasteiger partial charge in [-0.1, -0.05) is 36.7 Å². The first-order chi connectivity index (χ1) is 15.1. The predicted octanol–water partition coefficient (Wildman–Crippen LogP) is 3.36. The molecule has 1 saturated heterocycles. The fourth-order valence-corrected chi connectivity index (χ4v) is 4.39. The van der Waals surface area contributed by atoms with Crippen LogP contribution in [-0.4, -0.2) is 57.5 Å². The fourth-order valence-electron chi connectivity index (χ4n) is 3.50. The van der Waals surface area contributed by atoms with Crippen molar-refractivity contribution in [2.75, 3.05) is 36.8 Å². The summed E-state index contributed by atoms with van der Waals surface area (Å²) >= 11 is 8.03. The van der Waals surface area contributed by atoms with Crippen molar-refractivity contribution in [2.45, 2.75) is 11.9 Å². The molecule has 1 fully saturated rings. The summed E-state index contributed by atoms with van der Waals surface area (Å²) in [6.45, 7) is 4.27. The molecule has 3 aromatic rings. The largest absolute Gasteiger partial charge is 0.365 e. The highest BCUT2D eigenvalue weighted by Gasteiger charge is 2.25. The average Bonchev–Trinajstić information content (AvgIpc) is 2.81. The second-order valence-corrected chi connectivity index (χ2v) is 8.65. The van der Waals surface area contributed by atoms with Gasteiger partial charge in [-0.05, 0) is 30.0 Å². The van der Waals surface area contributed by atoms with E-state index in [0.717, 1.165) is 10.8 Å². The second-order valence-electron chi connectivity index (χ2n) is 6.99. The third-order valence-corrected chi connectivity index (χ3v) is 6.25. The van der Waals surface area contributed by atoms with Crippen LogP contribution < -0.4 is 10.5 Å². The van der Waals surface area contributed by atoms with Gasteiger partial charge in [0.1, 0.15) is 5.02 Å². The molecule has 0 unspecified atom stereocenters. The first-order valence-corrected chi connectivity index (χ1v) is 11.4. The molecule has 9 heteroatoms. The lowest BCUT2D eigenvalue weighted by Crippen LogP contribution is -2.49.